The fourth-order valence-corrected chi connectivity index (χ4v) is 2.84. The summed E-state index contributed by atoms with van der Waals surface area (Å²) in [5.41, 5.74) is 1.12. The third-order valence-electron chi connectivity index (χ3n) is 4.03. The summed E-state index contributed by atoms with van der Waals surface area (Å²) >= 11 is 0. The second-order valence-electron chi connectivity index (χ2n) is 5.60. The highest BCUT2D eigenvalue weighted by atomic mass is 19.1. The molecule has 4 rings (SSSR count). The van der Waals surface area contributed by atoms with Crippen LogP contribution in [-0.2, 0) is 19.5 Å². The van der Waals surface area contributed by atoms with Gasteiger partial charge in [-0.15, -0.1) is 10.2 Å². The summed E-state index contributed by atoms with van der Waals surface area (Å²) in [4.78, 5) is 14.0. The Morgan fingerprint density at radius 3 is 2.96 bits per heavy atom. The molecule has 0 atom stereocenters. The molecule has 8 heteroatoms. The summed E-state index contributed by atoms with van der Waals surface area (Å²) in [6.07, 6.45) is 1.87. The Morgan fingerprint density at radius 2 is 2.17 bits per heavy atom. The van der Waals surface area contributed by atoms with E-state index in [-0.39, 0.29) is 17.4 Å². The zero-order valence-corrected chi connectivity index (χ0v) is 12.7. The van der Waals surface area contributed by atoms with Gasteiger partial charge in [0.2, 0.25) is 0 Å². The van der Waals surface area contributed by atoms with Crippen LogP contribution in [-0.4, -0.2) is 37.3 Å². The minimum atomic E-state index is -0.268. The van der Waals surface area contributed by atoms with E-state index in [2.05, 4.69) is 15.4 Å². The molecule has 0 saturated carbocycles. The first kappa shape index (κ1) is 14.6. The lowest BCUT2D eigenvalue weighted by Gasteiger charge is -2.27. The molecule has 1 amide bonds. The molecule has 0 aliphatic carbocycles. The first-order chi connectivity index (χ1) is 11.7. The number of hydrogen-bond donors (Lipinski definition) is 0. The van der Waals surface area contributed by atoms with E-state index >= 15 is 0 Å². The summed E-state index contributed by atoms with van der Waals surface area (Å²) in [5, 5.41) is 12.0. The van der Waals surface area contributed by atoms with Crippen molar-refractivity contribution in [2.24, 2.45) is 0 Å². The highest BCUT2D eigenvalue weighted by molar-refractivity contribution is 5.92. The summed E-state index contributed by atoms with van der Waals surface area (Å²) < 4.78 is 20.0. The van der Waals surface area contributed by atoms with Gasteiger partial charge in [0.15, 0.2) is 11.5 Å². The Morgan fingerprint density at radius 1 is 1.25 bits per heavy atom. The van der Waals surface area contributed by atoms with Crippen LogP contribution in [0.3, 0.4) is 0 Å². The quantitative estimate of drug-likeness (QED) is 0.731. The van der Waals surface area contributed by atoms with E-state index in [1.807, 2.05) is 10.6 Å². The topological polar surface area (TPSA) is 77.0 Å². The molecule has 122 valence electrons. The van der Waals surface area contributed by atoms with Gasteiger partial charge in [0.25, 0.3) is 5.91 Å². The standard InChI is InChI=1S/C16H14FN5O2/c17-12-3-1-2-11(8-12)9-14-18-19-15-10-21(5-6-22(14)15)16(23)13-4-7-24-20-13/h1-4,7-8H,5-6,9-10H2. The Hall–Kier alpha value is -3.03. The van der Waals surface area contributed by atoms with Crippen molar-refractivity contribution in [1.29, 1.82) is 0 Å². The van der Waals surface area contributed by atoms with E-state index < -0.39 is 0 Å². The van der Waals surface area contributed by atoms with E-state index in [1.165, 1.54) is 24.5 Å². The predicted molar refractivity (Wildman–Crippen MR) is 80.5 cm³/mol. The maximum absolute atomic E-state index is 13.3. The van der Waals surface area contributed by atoms with Crippen molar-refractivity contribution >= 4 is 5.91 Å². The smallest absolute Gasteiger partial charge is 0.276 e. The number of carbonyl (C=O) groups is 1. The van der Waals surface area contributed by atoms with Crippen molar-refractivity contribution in [3.63, 3.8) is 0 Å². The van der Waals surface area contributed by atoms with E-state index in [1.54, 1.807) is 11.0 Å². The number of rotatable bonds is 3. The van der Waals surface area contributed by atoms with Crippen molar-refractivity contribution < 1.29 is 13.7 Å². The molecule has 0 unspecified atom stereocenters. The largest absolute Gasteiger partial charge is 0.364 e. The van der Waals surface area contributed by atoms with Gasteiger partial charge in [-0.25, -0.2) is 4.39 Å². The Kier molecular flexibility index (Phi) is 3.56. The highest BCUT2D eigenvalue weighted by Crippen LogP contribution is 2.17. The van der Waals surface area contributed by atoms with E-state index in [0.717, 1.165) is 11.4 Å². The van der Waals surface area contributed by atoms with Crippen LogP contribution in [0.1, 0.15) is 27.7 Å². The lowest BCUT2D eigenvalue weighted by molar-refractivity contribution is 0.0696. The predicted octanol–water partition coefficient (Wildman–Crippen LogP) is 1.65. The number of carbonyl (C=O) groups excluding carboxylic acids is 1. The molecule has 0 N–H and O–H groups in total. The van der Waals surface area contributed by atoms with E-state index in [9.17, 15) is 9.18 Å². The molecule has 0 fully saturated rings. The van der Waals surface area contributed by atoms with Gasteiger partial charge >= 0.3 is 0 Å². The van der Waals surface area contributed by atoms with Gasteiger partial charge in [0, 0.05) is 25.6 Å². The summed E-state index contributed by atoms with van der Waals surface area (Å²) in [7, 11) is 0. The number of hydrogen-bond acceptors (Lipinski definition) is 5. The van der Waals surface area contributed by atoms with Crippen molar-refractivity contribution in [1.82, 2.24) is 24.8 Å². The minimum absolute atomic E-state index is 0.190. The maximum atomic E-state index is 13.3. The first-order valence-electron chi connectivity index (χ1n) is 7.56. The molecule has 1 aromatic carbocycles. The fraction of sp³-hybridized carbons (Fsp3) is 0.250. The second kappa shape index (κ2) is 5.88. The monoisotopic (exact) mass is 327 g/mol. The Bertz CT molecular complexity index is 874. The van der Waals surface area contributed by atoms with Gasteiger partial charge in [-0.1, -0.05) is 17.3 Å². The molecule has 0 bridgehead atoms. The average Bonchev–Trinajstić information content (AvgIpc) is 3.24. The van der Waals surface area contributed by atoms with Crippen molar-refractivity contribution in [3.8, 4) is 0 Å². The van der Waals surface area contributed by atoms with Crippen molar-refractivity contribution in [3.05, 3.63) is 65.3 Å². The minimum Gasteiger partial charge on any atom is -0.364 e. The first-order valence-corrected chi connectivity index (χ1v) is 7.56. The molecule has 0 spiro atoms. The van der Waals surface area contributed by atoms with Gasteiger partial charge in [-0.2, -0.15) is 0 Å². The summed E-state index contributed by atoms with van der Waals surface area (Å²) in [5.74, 6) is 1.02. The van der Waals surface area contributed by atoms with Gasteiger partial charge in [0.1, 0.15) is 17.9 Å². The van der Waals surface area contributed by atoms with Crippen LogP contribution in [0, 0.1) is 5.82 Å². The molecular formula is C16H14FN5O2. The number of nitrogens with zero attached hydrogens (tertiary/aromatic N) is 5. The molecule has 7 nitrogen and oxygen atoms in total. The van der Waals surface area contributed by atoms with Crippen LogP contribution >= 0.6 is 0 Å². The van der Waals surface area contributed by atoms with Gasteiger partial charge < -0.3 is 14.0 Å². The molecular weight excluding hydrogens is 313 g/mol. The van der Waals surface area contributed by atoms with Gasteiger partial charge in [-0.05, 0) is 17.7 Å². The summed E-state index contributed by atoms with van der Waals surface area (Å²) in [6, 6.07) is 7.97. The number of aromatic nitrogens is 4. The summed E-state index contributed by atoms with van der Waals surface area (Å²) in [6.45, 7) is 1.49. The molecule has 3 heterocycles. The van der Waals surface area contributed by atoms with Crippen LogP contribution in [0.4, 0.5) is 4.39 Å². The van der Waals surface area contributed by atoms with Crippen LogP contribution in [0.2, 0.25) is 0 Å². The average molecular weight is 327 g/mol. The number of amides is 1. The zero-order valence-electron chi connectivity index (χ0n) is 12.7. The Labute approximate surface area is 136 Å². The third kappa shape index (κ3) is 2.66. The van der Waals surface area contributed by atoms with E-state index in [0.29, 0.717) is 31.9 Å². The van der Waals surface area contributed by atoms with Gasteiger partial charge in [-0.3, -0.25) is 4.79 Å². The van der Waals surface area contributed by atoms with Crippen LogP contribution in [0.5, 0.6) is 0 Å². The van der Waals surface area contributed by atoms with E-state index in [4.69, 9.17) is 4.52 Å². The third-order valence-corrected chi connectivity index (χ3v) is 4.03. The van der Waals surface area contributed by atoms with Crippen molar-refractivity contribution in [2.75, 3.05) is 6.54 Å². The lowest BCUT2D eigenvalue weighted by Crippen LogP contribution is -2.39. The number of benzene rings is 1. The molecule has 2 aromatic heterocycles. The lowest BCUT2D eigenvalue weighted by atomic mass is 10.1. The molecule has 3 aromatic rings. The maximum Gasteiger partial charge on any atom is 0.276 e. The number of halogens is 1. The molecule has 1 aliphatic rings. The van der Waals surface area contributed by atoms with Crippen LogP contribution < -0.4 is 0 Å². The molecule has 0 radical (unpaired) electrons. The zero-order chi connectivity index (χ0) is 16.5. The van der Waals surface area contributed by atoms with Crippen LogP contribution in [0.25, 0.3) is 0 Å². The molecule has 0 saturated heterocycles. The SMILES string of the molecule is O=C(c1ccon1)N1CCn2c(Cc3cccc(F)c3)nnc2C1. The normalized spacial score (nSPS) is 13.8. The molecule has 24 heavy (non-hydrogen) atoms. The van der Waals surface area contributed by atoms with Gasteiger partial charge in [0.05, 0.1) is 6.54 Å². The fourth-order valence-electron chi connectivity index (χ4n) is 2.84. The molecule has 1 aliphatic heterocycles. The highest BCUT2D eigenvalue weighted by Gasteiger charge is 2.26. The van der Waals surface area contributed by atoms with Crippen LogP contribution in [0.15, 0.2) is 41.1 Å². The van der Waals surface area contributed by atoms with Crippen molar-refractivity contribution in [2.45, 2.75) is 19.5 Å². The number of fused-ring (bicyclic) bond motifs is 1. The Balaban J connectivity index is 1.52. The second-order valence-corrected chi connectivity index (χ2v) is 5.60.